The molecule has 2 saturated heterocycles. The van der Waals surface area contributed by atoms with Crippen LogP contribution < -0.4 is 21.5 Å². The van der Waals surface area contributed by atoms with Crippen LogP contribution in [0, 0.1) is 18.8 Å². The van der Waals surface area contributed by atoms with Gasteiger partial charge in [-0.3, -0.25) is 24.5 Å². The number of amides is 3. The first-order valence-electron chi connectivity index (χ1n) is 11.6. The van der Waals surface area contributed by atoms with Crippen LogP contribution in [0.5, 0.6) is 0 Å². The Morgan fingerprint density at radius 2 is 1.94 bits per heavy atom. The van der Waals surface area contributed by atoms with Crippen molar-refractivity contribution in [1.29, 1.82) is 0 Å². The Labute approximate surface area is 196 Å². The van der Waals surface area contributed by atoms with Gasteiger partial charge in [0, 0.05) is 49.4 Å². The van der Waals surface area contributed by atoms with Gasteiger partial charge in [0.1, 0.15) is 5.82 Å². The number of fused-ring (bicyclic) bond motifs is 4. The fourth-order valence-electron chi connectivity index (χ4n) is 5.24. The lowest BCUT2D eigenvalue weighted by molar-refractivity contribution is -0.145. The SMILES string of the molecule is Cc1cc(NC(=O)C(=O)N2CC3CC(C2)c2cccc(=O)n2C3)n(C2NC(=O)C(C)C(C)N2)n1. The first kappa shape index (κ1) is 22.3. The lowest BCUT2D eigenvalue weighted by atomic mass is 9.83. The van der Waals surface area contributed by atoms with Crippen molar-refractivity contribution in [3.05, 3.63) is 46.0 Å². The van der Waals surface area contributed by atoms with Crippen LogP contribution in [0.1, 0.15) is 43.9 Å². The fourth-order valence-corrected chi connectivity index (χ4v) is 5.24. The summed E-state index contributed by atoms with van der Waals surface area (Å²) < 4.78 is 3.27. The van der Waals surface area contributed by atoms with Crippen molar-refractivity contribution < 1.29 is 14.4 Å². The molecular weight excluding hydrogens is 438 g/mol. The second-order valence-electron chi connectivity index (χ2n) is 9.63. The Bertz CT molecular complexity index is 1220. The third-order valence-corrected chi connectivity index (χ3v) is 7.17. The van der Waals surface area contributed by atoms with Crippen molar-refractivity contribution in [3.63, 3.8) is 0 Å². The number of carbonyl (C=O) groups excluding carboxylic acids is 3. The van der Waals surface area contributed by atoms with Gasteiger partial charge in [-0.2, -0.15) is 5.10 Å². The third kappa shape index (κ3) is 3.89. The lowest BCUT2D eigenvalue weighted by Crippen LogP contribution is -2.57. The number of likely N-dealkylation sites (tertiary alicyclic amines) is 1. The normalized spacial score (nSPS) is 28.1. The quantitative estimate of drug-likeness (QED) is 0.539. The van der Waals surface area contributed by atoms with Crippen molar-refractivity contribution >= 4 is 23.5 Å². The van der Waals surface area contributed by atoms with E-state index in [-0.39, 0.29) is 35.3 Å². The van der Waals surface area contributed by atoms with Gasteiger partial charge in [-0.1, -0.05) is 13.0 Å². The van der Waals surface area contributed by atoms with Gasteiger partial charge in [0.25, 0.3) is 5.56 Å². The van der Waals surface area contributed by atoms with E-state index in [2.05, 4.69) is 21.0 Å². The molecule has 0 spiro atoms. The minimum Gasteiger partial charge on any atom is -0.333 e. The van der Waals surface area contributed by atoms with Crippen molar-refractivity contribution in [3.8, 4) is 0 Å². The number of aromatic nitrogens is 3. The Kier molecular flexibility index (Phi) is 5.51. The number of hydrogen-bond donors (Lipinski definition) is 3. The molecule has 0 radical (unpaired) electrons. The molecular formula is C23H29N7O4. The zero-order valence-corrected chi connectivity index (χ0v) is 19.4. The summed E-state index contributed by atoms with van der Waals surface area (Å²) >= 11 is 0. The number of nitrogens with zero attached hydrogens (tertiary/aromatic N) is 4. The van der Waals surface area contributed by atoms with Gasteiger partial charge in [0.05, 0.1) is 11.6 Å². The van der Waals surface area contributed by atoms with Crippen LogP contribution in [0.15, 0.2) is 29.1 Å². The number of nitrogens with one attached hydrogen (secondary N) is 3. The molecule has 3 aliphatic heterocycles. The predicted octanol–water partition coefficient (Wildman–Crippen LogP) is 0.138. The van der Waals surface area contributed by atoms with Crippen molar-refractivity contribution in [2.45, 2.75) is 52.0 Å². The molecule has 0 aromatic carbocycles. The molecule has 3 N–H and O–H groups in total. The smallest absolute Gasteiger partial charge is 0.315 e. The van der Waals surface area contributed by atoms with Crippen molar-refractivity contribution in [2.75, 3.05) is 18.4 Å². The molecule has 2 fully saturated rings. The third-order valence-electron chi connectivity index (χ3n) is 7.17. The number of hydrogen-bond acceptors (Lipinski definition) is 6. The number of aryl methyl sites for hydroxylation is 1. The summed E-state index contributed by atoms with van der Waals surface area (Å²) in [6.45, 7) is 6.88. The largest absolute Gasteiger partial charge is 0.333 e. The van der Waals surface area contributed by atoms with Gasteiger partial charge in [-0.25, -0.2) is 4.68 Å². The molecule has 180 valence electrons. The summed E-state index contributed by atoms with van der Waals surface area (Å²) in [5, 5.41) is 13.2. The van der Waals surface area contributed by atoms with Gasteiger partial charge < -0.3 is 20.1 Å². The first-order valence-corrected chi connectivity index (χ1v) is 11.6. The van der Waals surface area contributed by atoms with Crippen LogP contribution in [-0.4, -0.2) is 56.1 Å². The summed E-state index contributed by atoms with van der Waals surface area (Å²) in [5.74, 6) is -1.21. The number of piperidine rings is 1. The zero-order chi connectivity index (χ0) is 24.1. The highest BCUT2D eigenvalue weighted by Gasteiger charge is 2.38. The van der Waals surface area contributed by atoms with E-state index in [0.717, 1.165) is 12.1 Å². The van der Waals surface area contributed by atoms with Gasteiger partial charge in [-0.15, -0.1) is 0 Å². The number of carbonyl (C=O) groups is 3. The molecule has 0 aliphatic carbocycles. The molecule has 5 atom stereocenters. The van der Waals surface area contributed by atoms with E-state index in [4.69, 9.17) is 0 Å². The van der Waals surface area contributed by atoms with E-state index >= 15 is 0 Å². The topological polar surface area (TPSA) is 130 Å². The molecule has 5 unspecified atom stereocenters. The van der Waals surface area contributed by atoms with Crippen LogP contribution >= 0.6 is 0 Å². The molecule has 5 rings (SSSR count). The van der Waals surface area contributed by atoms with E-state index in [1.165, 1.54) is 4.68 Å². The monoisotopic (exact) mass is 467 g/mol. The predicted molar refractivity (Wildman–Crippen MR) is 123 cm³/mol. The fraction of sp³-hybridized carbons (Fsp3) is 0.522. The average Bonchev–Trinajstić information content (AvgIpc) is 3.17. The Morgan fingerprint density at radius 3 is 2.71 bits per heavy atom. The molecule has 11 nitrogen and oxygen atoms in total. The number of pyridine rings is 1. The summed E-state index contributed by atoms with van der Waals surface area (Å²) in [5.41, 5.74) is 1.53. The second-order valence-corrected chi connectivity index (χ2v) is 9.63. The lowest BCUT2D eigenvalue weighted by Gasteiger charge is -2.42. The summed E-state index contributed by atoms with van der Waals surface area (Å²) in [6, 6.07) is 6.79. The highest BCUT2D eigenvalue weighted by Crippen LogP contribution is 2.35. The first-order chi connectivity index (χ1) is 16.2. The molecule has 2 aromatic rings. The standard InChI is InChI=1S/C23H29N7O4/c1-12-7-18(30(27-12)23-24-14(3)13(2)20(32)26-23)25-21(33)22(34)28-9-15-8-16(11-28)17-5-4-6-19(31)29(17)10-15/h4-7,13-16,23-24H,8-11H2,1-3H3,(H,25,33)(H,26,32). The molecule has 2 aromatic heterocycles. The summed E-state index contributed by atoms with van der Waals surface area (Å²) in [4.78, 5) is 52.1. The minimum absolute atomic E-state index is 0.0241. The molecule has 5 heterocycles. The van der Waals surface area contributed by atoms with Gasteiger partial charge in [-0.05, 0) is 32.3 Å². The van der Waals surface area contributed by atoms with E-state index in [9.17, 15) is 19.2 Å². The highest BCUT2D eigenvalue weighted by molar-refractivity contribution is 6.39. The Hall–Kier alpha value is -3.47. The number of anilines is 1. The maximum atomic E-state index is 13.1. The Morgan fingerprint density at radius 1 is 1.15 bits per heavy atom. The Balaban J connectivity index is 1.31. The van der Waals surface area contributed by atoms with Crippen LogP contribution in [0.3, 0.4) is 0 Å². The average molecular weight is 468 g/mol. The van der Waals surface area contributed by atoms with Crippen LogP contribution in [-0.2, 0) is 20.9 Å². The molecule has 3 amide bonds. The van der Waals surface area contributed by atoms with Crippen molar-refractivity contribution in [1.82, 2.24) is 29.9 Å². The molecule has 3 aliphatic rings. The molecule has 34 heavy (non-hydrogen) atoms. The van der Waals surface area contributed by atoms with E-state index in [0.29, 0.717) is 31.1 Å². The second kappa shape index (κ2) is 8.39. The van der Waals surface area contributed by atoms with Gasteiger partial charge >= 0.3 is 11.8 Å². The molecule has 0 saturated carbocycles. The van der Waals surface area contributed by atoms with E-state index in [1.54, 1.807) is 34.6 Å². The van der Waals surface area contributed by atoms with Crippen molar-refractivity contribution in [2.24, 2.45) is 11.8 Å². The van der Waals surface area contributed by atoms with Crippen LogP contribution in [0.4, 0.5) is 5.82 Å². The molecule has 11 heteroatoms. The summed E-state index contributed by atoms with van der Waals surface area (Å²) in [7, 11) is 0. The number of rotatable bonds is 2. The summed E-state index contributed by atoms with van der Waals surface area (Å²) in [6.07, 6.45) is 0.256. The van der Waals surface area contributed by atoms with Crippen LogP contribution in [0.25, 0.3) is 0 Å². The minimum atomic E-state index is -0.755. The van der Waals surface area contributed by atoms with Gasteiger partial charge in [0.15, 0.2) is 6.29 Å². The zero-order valence-electron chi connectivity index (χ0n) is 19.4. The van der Waals surface area contributed by atoms with Crippen LogP contribution in [0.2, 0.25) is 0 Å². The van der Waals surface area contributed by atoms with E-state index < -0.39 is 18.1 Å². The van der Waals surface area contributed by atoms with Gasteiger partial charge in [0.2, 0.25) is 5.91 Å². The highest BCUT2D eigenvalue weighted by atomic mass is 16.2. The molecule has 2 bridgehead atoms. The van der Waals surface area contributed by atoms with E-state index in [1.807, 2.05) is 19.9 Å². The maximum Gasteiger partial charge on any atom is 0.315 e. The maximum absolute atomic E-state index is 13.1.